The van der Waals surface area contributed by atoms with E-state index >= 15 is 0 Å². The average Bonchev–Trinajstić information content (AvgIpc) is 2.46. The number of nitrogens with one attached hydrogen (secondary N) is 1. The summed E-state index contributed by atoms with van der Waals surface area (Å²) in [6.07, 6.45) is 5.70. The summed E-state index contributed by atoms with van der Waals surface area (Å²) in [6, 6.07) is 5.29. The predicted octanol–water partition coefficient (Wildman–Crippen LogP) is 1.82. The van der Waals surface area contributed by atoms with E-state index < -0.39 is 0 Å². The Bertz CT molecular complexity index is 629. The molecule has 0 radical (unpaired) electrons. The van der Waals surface area contributed by atoms with Gasteiger partial charge in [-0.1, -0.05) is 12.2 Å². The third-order valence-corrected chi connectivity index (χ3v) is 3.07. The molecular formula is C14H16N4OS. The Hall–Kier alpha value is -2.08. The maximum Gasteiger partial charge on any atom is 0.251 e. The van der Waals surface area contributed by atoms with Crippen molar-refractivity contribution >= 4 is 34.1 Å². The Labute approximate surface area is 122 Å². The molecule has 20 heavy (non-hydrogen) atoms. The van der Waals surface area contributed by atoms with Crippen LogP contribution in [-0.4, -0.2) is 27.4 Å². The van der Waals surface area contributed by atoms with Gasteiger partial charge in [0, 0.05) is 24.5 Å². The van der Waals surface area contributed by atoms with E-state index in [0.29, 0.717) is 22.6 Å². The summed E-state index contributed by atoms with van der Waals surface area (Å²) < 4.78 is 0. The maximum atomic E-state index is 12.0. The summed E-state index contributed by atoms with van der Waals surface area (Å²) in [5.74, 6) is -0.104. The number of amides is 1. The molecule has 0 bridgehead atoms. The molecule has 0 atom stereocenters. The second kappa shape index (κ2) is 6.91. The van der Waals surface area contributed by atoms with Gasteiger partial charge < -0.3 is 11.1 Å². The molecule has 1 aromatic heterocycles. The van der Waals surface area contributed by atoms with Gasteiger partial charge >= 0.3 is 0 Å². The van der Waals surface area contributed by atoms with E-state index in [1.54, 1.807) is 30.6 Å². The van der Waals surface area contributed by atoms with Gasteiger partial charge in [-0.15, -0.1) is 0 Å². The number of benzene rings is 1. The van der Waals surface area contributed by atoms with Crippen molar-refractivity contribution in [3.63, 3.8) is 0 Å². The van der Waals surface area contributed by atoms with Crippen LogP contribution in [0.5, 0.6) is 0 Å². The summed E-state index contributed by atoms with van der Waals surface area (Å²) in [4.78, 5) is 20.8. The second-order valence-electron chi connectivity index (χ2n) is 4.44. The van der Waals surface area contributed by atoms with E-state index in [2.05, 4.69) is 15.3 Å². The monoisotopic (exact) mass is 288 g/mol. The molecule has 5 nitrogen and oxygen atoms in total. The fourth-order valence-electron chi connectivity index (χ4n) is 1.83. The lowest BCUT2D eigenvalue weighted by Gasteiger charge is -2.05. The molecule has 0 fully saturated rings. The molecule has 0 unspecified atom stereocenters. The van der Waals surface area contributed by atoms with Crippen molar-refractivity contribution in [2.24, 2.45) is 5.73 Å². The molecule has 0 saturated carbocycles. The summed E-state index contributed by atoms with van der Waals surface area (Å²) in [5, 5.41) is 2.87. The SMILES string of the molecule is NC(=S)CCCCNC(=O)c1ccc2nccnc2c1. The first-order valence-electron chi connectivity index (χ1n) is 6.44. The molecule has 1 amide bonds. The number of carbonyl (C=O) groups is 1. The van der Waals surface area contributed by atoms with Crippen molar-refractivity contribution in [1.29, 1.82) is 0 Å². The normalized spacial score (nSPS) is 10.4. The first-order chi connectivity index (χ1) is 9.66. The number of unbranched alkanes of at least 4 members (excludes halogenated alkanes) is 1. The lowest BCUT2D eigenvalue weighted by molar-refractivity contribution is 0.0953. The van der Waals surface area contributed by atoms with Gasteiger partial charge in [0.15, 0.2) is 0 Å². The highest BCUT2D eigenvalue weighted by Crippen LogP contribution is 2.10. The third kappa shape index (κ3) is 3.96. The smallest absolute Gasteiger partial charge is 0.251 e. The van der Waals surface area contributed by atoms with Crippen molar-refractivity contribution in [3.05, 3.63) is 36.2 Å². The van der Waals surface area contributed by atoms with Crippen molar-refractivity contribution in [3.8, 4) is 0 Å². The van der Waals surface area contributed by atoms with Crippen LogP contribution in [0.1, 0.15) is 29.6 Å². The molecule has 0 aliphatic carbocycles. The van der Waals surface area contributed by atoms with Gasteiger partial charge in [-0.2, -0.15) is 0 Å². The van der Waals surface area contributed by atoms with E-state index in [9.17, 15) is 4.79 Å². The number of hydrogen-bond acceptors (Lipinski definition) is 4. The standard InChI is InChI=1S/C14H16N4OS/c15-13(20)3-1-2-6-18-14(19)10-4-5-11-12(9-10)17-8-7-16-11/h4-5,7-9H,1-3,6H2,(H2,15,20)(H,18,19). The molecule has 2 rings (SSSR count). The van der Waals surface area contributed by atoms with Gasteiger partial charge in [0.2, 0.25) is 0 Å². The highest BCUT2D eigenvalue weighted by molar-refractivity contribution is 7.80. The van der Waals surface area contributed by atoms with Crippen molar-refractivity contribution in [2.75, 3.05) is 6.54 Å². The van der Waals surface area contributed by atoms with Crippen molar-refractivity contribution < 1.29 is 4.79 Å². The number of thiocarbonyl (C=S) groups is 1. The zero-order valence-corrected chi connectivity index (χ0v) is 11.8. The number of hydrogen-bond donors (Lipinski definition) is 2. The lowest BCUT2D eigenvalue weighted by Crippen LogP contribution is -2.24. The van der Waals surface area contributed by atoms with Gasteiger partial charge in [0.1, 0.15) is 0 Å². The van der Waals surface area contributed by atoms with Crippen LogP contribution in [0.3, 0.4) is 0 Å². The van der Waals surface area contributed by atoms with Gasteiger partial charge in [-0.05, 0) is 37.5 Å². The first kappa shape index (κ1) is 14.3. The van der Waals surface area contributed by atoms with Gasteiger partial charge in [0.25, 0.3) is 5.91 Å². The number of aromatic nitrogens is 2. The highest BCUT2D eigenvalue weighted by atomic mass is 32.1. The van der Waals surface area contributed by atoms with E-state index in [1.165, 1.54) is 0 Å². The Morgan fingerprint density at radius 3 is 2.70 bits per heavy atom. The van der Waals surface area contributed by atoms with E-state index in [1.807, 2.05) is 0 Å². The Morgan fingerprint density at radius 2 is 1.95 bits per heavy atom. The fraction of sp³-hybridized carbons (Fsp3) is 0.286. The number of fused-ring (bicyclic) bond motifs is 1. The summed E-state index contributed by atoms with van der Waals surface area (Å²) in [7, 11) is 0. The van der Waals surface area contributed by atoms with Crippen LogP contribution in [-0.2, 0) is 0 Å². The molecule has 0 aliphatic heterocycles. The van der Waals surface area contributed by atoms with Crippen LogP contribution < -0.4 is 11.1 Å². The number of rotatable bonds is 6. The molecule has 3 N–H and O–H groups in total. The van der Waals surface area contributed by atoms with Crippen LogP contribution in [0.15, 0.2) is 30.6 Å². The van der Waals surface area contributed by atoms with Crippen molar-refractivity contribution in [1.82, 2.24) is 15.3 Å². The largest absolute Gasteiger partial charge is 0.393 e. The average molecular weight is 288 g/mol. The topological polar surface area (TPSA) is 80.9 Å². The van der Waals surface area contributed by atoms with Crippen LogP contribution in [0.4, 0.5) is 0 Å². The van der Waals surface area contributed by atoms with Gasteiger partial charge in [-0.25, -0.2) is 0 Å². The van der Waals surface area contributed by atoms with Crippen LogP contribution in [0.2, 0.25) is 0 Å². The Morgan fingerprint density at radius 1 is 1.20 bits per heavy atom. The molecule has 2 aromatic rings. The lowest BCUT2D eigenvalue weighted by atomic mass is 10.1. The zero-order chi connectivity index (χ0) is 14.4. The van der Waals surface area contributed by atoms with Gasteiger partial charge in [0.05, 0.1) is 16.0 Å². The predicted molar refractivity (Wildman–Crippen MR) is 82.5 cm³/mol. The Kier molecular flexibility index (Phi) is 4.95. The minimum Gasteiger partial charge on any atom is -0.393 e. The molecule has 0 aliphatic rings. The molecule has 1 aromatic carbocycles. The first-order valence-corrected chi connectivity index (χ1v) is 6.85. The summed E-state index contributed by atoms with van der Waals surface area (Å²) >= 11 is 4.80. The summed E-state index contributed by atoms with van der Waals surface area (Å²) in [5.41, 5.74) is 7.49. The second-order valence-corrected chi connectivity index (χ2v) is 4.96. The molecule has 0 spiro atoms. The Balaban J connectivity index is 1.89. The van der Waals surface area contributed by atoms with Gasteiger partial charge in [-0.3, -0.25) is 14.8 Å². The minimum absolute atomic E-state index is 0.104. The number of carbonyl (C=O) groups excluding carboxylic acids is 1. The van der Waals surface area contributed by atoms with Crippen LogP contribution in [0.25, 0.3) is 11.0 Å². The fourth-order valence-corrected chi connectivity index (χ4v) is 1.98. The van der Waals surface area contributed by atoms with E-state index in [-0.39, 0.29) is 5.91 Å². The minimum atomic E-state index is -0.104. The molecule has 6 heteroatoms. The van der Waals surface area contributed by atoms with Crippen LogP contribution in [0, 0.1) is 0 Å². The maximum absolute atomic E-state index is 12.0. The van der Waals surface area contributed by atoms with Crippen LogP contribution >= 0.6 is 12.2 Å². The summed E-state index contributed by atoms with van der Waals surface area (Å²) in [6.45, 7) is 0.611. The zero-order valence-electron chi connectivity index (χ0n) is 11.0. The molecule has 1 heterocycles. The number of nitrogens with two attached hydrogens (primary N) is 1. The third-order valence-electron chi connectivity index (χ3n) is 2.87. The molecule has 104 valence electrons. The van der Waals surface area contributed by atoms with E-state index in [4.69, 9.17) is 18.0 Å². The highest BCUT2D eigenvalue weighted by Gasteiger charge is 2.06. The molecule has 0 saturated heterocycles. The quantitative estimate of drug-likeness (QED) is 0.626. The number of nitrogens with zero attached hydrogens (tertiary/aromatic N) is 2. The molecular weight excluding hydrogens is 272 g/mol. The van der Waals surface area contributed by atoms with E-state index in [0.717, 1.165) is 24.8 Å². The van der Waals surface area contributed by atoms with Crippen molar-refractivity contribution in [2.45, 2.75) is 19.3 Å².